The summed E-state index contributed by atoms with van der Waals surface area (Å²) in [7, 11) is -4.05. The molecule has 1 aliphatic heterocycles. The van der Waals surface area contributed by atoms with Crippen molar-refractivity contribution in [2.45, 2.75) is 37.0 Å². The Hall–Kier alpha value is -2.41. The average molecular weight is 360 g/mol. The van der Waals surface area contributed by atoms with Crippen molar-refractivity contribution in [2.24, 2.45) is 0 Å². The highest BCUT2D eigenvalue weighted by Gasteiger charge is 2.25. The maximum Gasteiger partial charge on any atom is 0.264 e. The summed E-state index contributed by atoms with van der Waals surface area (Å²) in [6, 6.07) is 7.82. The monoisotopic (exact) mass is 360 g/mol. The fourth-order valence-electron chi connectivity index (χ4n) is 3.43. The number of aryl methyl sites for hydroxylation is 3. The van der Waals surface area contributed by atoms with E-state index in [0.29, 0.717) is 23.4 Å². The molecule has 0 radical (unpaired) electrons. The number of hydrogen-bond acceptors (Lipinski definition) is 3. The maximum absolute atomic E-state index is 14.4. The standard InChI is InChI=1S/C18H17FN2O3S/c19-15-10-16-13(5-7-18(22)20-16)9-17(15)25(23,24)21-14-6-4-11-2-1-3-12(11)8-14/h4,6,8-10,21H,1-3,5,7H2,(H,20,22). The van der Waals surface area contributed by atoms with E-state index in [0.717, 1.165) is 30.9 Å². The van der Waals surface area contributed by atoms with Gasteiger partial charge < -0.3 is 5.32 Å². The van der Waals surface area contributed by atoms with Crippen molar-refractivity contribution < 1.29 is 17.6 Å². The van der Waals surface area contributed by atoms with Gasteiger partial charge in [-0.05, 0) is 66.6 Å². The van der Waals surface area contributed by atoms with Gasteiger partial charge in [-0.15, -0.1) is 0 Å². The van der Waals surface area contributed by atoms with Gasteiger partial charge in [0.25, 0.3) is 10.0 Å². The number of anilines is 2. The van der Waals surface area contributed by atoms with E-state index >= 15 is 0 Å². The van der Waals surface area contributed by atoms with Crippen molar-refractivity contribution in [3.05, 3.63) is 52.8 Å². The van der Waals surface area contributed by atoms with Crippen LogP contribution in [0, 0.1) is 5.82 Å². The highest BCUT2D eigenvalue weighted by Crippen LogP contribution is 2.30. The number of fused-ring (bicyclic) bond motifs is 2. The number of halogens is 1. The van der Waals surface area contributed by atoms with Gasteiger partial charge in [0.05, 0.1) is 0 Å². The molecular formula is C18H17FN2O3S. The fourth-order valence-corrected chi connectivity index (χ4v) is 4.59. The highest BCUT2D eigenvalue weighted by molar-refractivity contribution is 7.92. The van der Waals surface area contributed by atoms with Gasteiger partial charge >= 0.3 is 0 Å². The zero-order chi connectivity index (χ0) is 17.6. The van der Waals surface area contributed by atoms with E-state index in [1.807, 2.05) is 12.1 Å². The molecule has 1 amide bonds. The second-order valence-electron chi connectivity index (χ2n) is 6.43. The normalized spacial score (nSPS) is 16.1. The molecule has 0 atom stereocenters. The lowest BCUT2D eigenvalue weighted by molar-refractivity contribution is -0.116. The Morgan fingerprint density at radius 2 is 1.76 bits per heavy atom. The molecule has 0 spiro atoms. The lowest BCUT2D eigenvalue weighted by Crippen LogP contribution is -2.21. The van der Waals surface area contributed by atoms with E-state index in [-0.39, 0.29) is 12.3 Å². The van der Waals surface area contributed by atoms with E-state index in [2.05, 4.69) is 10.0 Å². The molecule has 1 aliphatic carbocycles. The van der Waals surface area contributed by atoms with Crippen LogP contribution in [0.4, 0.5) is 15.8 Å². The smallest absolute Gasteiger partial charge is 0.264 e. The second kappa shape index (κ2) is 5.84. The molecule has 130 valence electrons. The van der Waals surface area contributed by atoms with Crippen LogP contribution in [0.15, 0.2) is 35.2 Å². The van der Waals surface area contributed by atoms with Crippen LogP contribution in [0.25, 0.3) is 0 Å². The molecule has 2 N–H and O–H groups in total. The molecule has 0 unspecified atom stereocenters. The van der Waals surface area contributed by atoms with E-state index in [1.54, 1.807) is 6.07 Å². The van der Waals surface area contributed by atoms with Crippen molar-refractivity contribution in [1.29, 1.82) is 0 Å². The summed E-state index contributed by atoms with van der Waals surface area (Å²) in [4.78, 5) is 11.0. The third-order valence-corrected chi connectivity index (χ3v) is 6.09. The van der Waals surface area contributed by atoms with Crippen LogP contribution in [0.5, 0.6) is 0 Å². The minimum Gasteiger partial charge on any atom is -0.326 e. The van der Waals surface area contributed by atoms with Crippen LogP contribution in [0.1, 0.15) is 29.5 Å². The van der Waals surface area contributed by atoms with E-state index in [1.165, 1.54) is 11.6 Å². The SMILES string of the molecule is O=C1CCc2cc(S(=O)(=O)Nc3ccc4c(c3)CCC4)c(F)cc2N1. The Bertz CT molecular complexity index is 986. The topological polar surface area (TPSA) is 75.3 Å². The Morgan fingerprint density at radius 3 is 2.60 bits per heavy atom. The first-order valence-electron chi connectivity index (χ1n) is 8.19. The Balaban J connectivity index is 1.67. The molecule has 5 nitrogen and oxygen atoms in total. The van der Waals surface area contributed by atoms with Gasteiger partial charge in [-0.3, -0.25) is 9.52 Å². The Labute approximate surface area is 145 Å². The lowest BCUT2D eigenvalue weighted by Gasteiger charge is -2.18. The van der Waals surface area contributed by atoms with Gasteiger partial charge in [0.1, 0.15) is 10.7 Å². The Kier molecular flexibility index (Phi) is 3.76. The first-order chi connectivity index (χ1) is 11.9. The number of rotatable bonds is 3. The number of nitrogens with one attached hydrogen (secondary N) is 2. The van der Waals surface area contributed by atoms with Crippen LogP contribution in [0.2, 0.25) is 0 Å². The molecule has 2 aromatic carbocycles. The first-order valence-corrected chi connectivity index (χ1v) is 9.67. The second-order valence-corrected chi connectivity index (χ2v) is 8.08. The van der Waals surface area contributed by atoms with Crippen LogP contribution < -0.4 is 10.0 Å². The number of amides is 1. The predicted octanol–water partition coefficient (Wildman–Crippen LogP) is 3.00. The summed E-state index contributed by atoms with van der Waals surface area (Å²) in [6.45, 7) is 0. The van der Waals surface area contributed by atoms with Gasteiger partial charge in [-0.1, -0.05) is 6.07 Å². The zero-order valence-corrected chi connectivity index (χ0v) is 14.2. The lowest BCUT2D eigenvalue weighted by atomic mass is 10.0. The molecular weight excluding hydrogens is 343 g/mol. The molecule has 0 fully saturated rings. The third-order valence-electron chi connectivity index (χ3n) is 4.69. The number of carbonyl (C=O) groups excluding carboxylic acids is 1. The fraction of sp³-hybridized carbons (Fsp3) is 0.278. The molecule has 0 bridgehead atoms. The number of benzene rings is 2. The highest BCUT2D eigenvalue weighted by atomic mass is 32.2. The minimum absolute atomic E-state index is 0.196. The van der Waals surface area contributed by atoms with Crippen LogP contribution in [-0.4, -0.2) is 14.3 Å². The summed E-state index contributed by atoms with van der Waals surface area (Å²) < 4.78 is 42.1. The average Bonchev–Trinajstić information content (AvgIpc) is 3.01. The number of carbonyl (C=O) groups is 1. The molecule has 0 saturated carbocycles. The summed E-state index contributed by atoms with van der Waals surface area (Å²) in [5.41, 5.74) is 3.76. The van der Waals surface area contributed by atoms with E-state index < -0.39 is 20.7 Å². The van der Waals surface area contributed by atoms with E-state index in [9.17, 15) is 17.6 Å². The summed E-state index contributed by atoms with van der Waals surface area (Å²) >= 11 is 0. The number of hydrogen-bond donors (Lipinski definition) is 2. The van der Waals surface area contributed by atoms with Gasteiger partial charge in [-0.2, -0.15) is 0 Å². The minimum atomic E-state index is -4.05. The molecule has 1 heterocycles. The van der Waals surface area contributed by atoms with Crippen LogP contribution >= 0.6 is 0 Å². The van der Waals surface area contributed by atoms with Gasteiger partial charge in [0.15, 0.2) is 0 Å². The third kappa shape index (κ3) is 3.00. The maximum atomic E-state index is 14.4. The molecule has 2 aromatic rings. The van der Waals surface area contributed by atoms with Crippen molar-refractivity contribution in [2.75, 3.05) is 10.0 Å². The predicted molar refractivity (Wildman–Crippen MR) is 92.6 cm³/mol. The quantitative estimate of drug-likeness (QED) is 0.884. The zero-order valence-electron chi connectivity index (χ0n) is 13.4. The van der Waals surface area contributed by atoms with Gasteiger partial charge in [-0.25, -0.2) is 12.8 Å². The molecule has 25 heavy (non-hydrogen) atoms. The Morgan fingerprint density at radius 1 is 0.960 bits per heavy atom. The largest absolute Gasteiger partial charge is 0.326 e. The van der Waals surface area contributed by atoms with Crippen molar-refractivity contribution in [3.63, 3.8) is 0 Å². The van der Waals surface area contributed by atoms with E-state index in [4.69, 9.17) is 0 Å². The van der Waals surface area contributed by atoms with Crippen LogP contribution in [0.3, 0.4) is 0 Å². The van der Waals surface area contributed by atoms with Crippen molar-refractivity contribution >= 4 is 27.3 Å². The summed E-state index contributed by atoms with van der Waals surface area (Å²) in [5.74, 6) is -1.08. The molecule has 0 aromatic heterocycles. The van der Waals surface area contributed by atoms with Gasteiger partial charge in [0.2, 0.25) is 5.91 Å². The molecule has 0 saturated heterocycles. The molecule has 2 aliphatic rings. The van der Waals surface area contributed by atoms with Gasteiger partial charge in [0, 0.05) is 17.8 Å². The summed E-state index contributed by atoms with van der Waals surface area (Å²) in [6.07, 6.45) is 3.65. The number of sulfonamides is 1. The van der Waals surface area contributed by atoms with Crippen LogP contribution in [-0.2, 0) is 34.1 Å². The summed E-state index contributed by atoms with van der Waals surface area (Å²) in [5, 5.41) is 2.56. The van der Waals surface area contributed by atoms with Crippen molar-refractivity contribution in [3.8, 4) is 0 Å². The first kappa shape index (κ1) is 16.1. The molecule has 7 heteroatoms. The molecule has 4 rings (SSSR count). The van der Waals surface area contributed by atoms with Crippen molar-refractivity contribution in [1.82, 2.24) is 0 Å².